The van der Waals surface area contributed by atoms with Crippen LogP contribution in [0.5, 0.6) is 0 Å². The van der Waals surface area contributed by atoms with Crippen LogP contribution in [0, 0.1) is 0 Å². The van der Waals surface area contributed by atoms with Gasteiger partial charge in [-0.2, -0.15) is 0 Å². The second-order valence-electron chi connectivity index (χ2n) is 8.28. The zero-order valence-corrected chi connectivity index (χ0v) is 18.8. The molecule has 0 radical (unpaired) electrons. The first kappa shape index (κ1) is 23.0. The molecule has 0 aromatic heterocycles. The quantitative estimate of drug-likeness (QED) is 0.528. The predicted octanol–water partition coefficient (Wildman–Crippen LogP) is 4.20. The minimum Gasteiger partial charge on any atom is -0.480 e. The molecule has 0 fully saturated rings. The lowest BCUT2D eigenvalue weighted by molar-refractivity contribution is -0.143. The summed E-state index contributed by atoms with van der Waals surface area (Å²) >= 11 is 0. The number of ether oxygens (including phenoxy) is 1. The van der Waals surface area contributed by atoms with Crippen LogP contribution in [0.25, 0.3) is 11.1 Å². The molecule has 174 valence electrons. The zero-order valence-electron chi connectivity index (χ0n) is 18.8. The minimum atomic E-state index is -1.10. The maximum Gasteiger partial charge on any atom is 0.407 e. The summed E-state index contributed by atoms with van der Waals surface area (Å²) in [5.41, 5.74) is 5.24. The number of carbonyl (C=O) groups excluding carboxylic acids is 2. The monoisotopic (exact) mass is 458 g/mol. The molecule has 0 aliphatic heterocycles. The average molecular weight is 459 g/mol. The Balaban J connectivity index is 1.45. The molecule has 34 heavy (non-hydrogen) atoms. The molecule has 3 aromatic rings. The van der Waals surface area contributed by atoms with Crippen LogP contribution in [0.4, 0.5) is 4.79 Å². The lowest BCUT2D eigenvalue weighted by Gasteiger charge is -2.22. The number of hydrogen-bond donors (Lipinski definition) is 2. The normalized spacial score (nSPS) is 12.9. The van der Waals surface area contributed by atoms with Crippen LogP contribution >= 0.6 is 0 Å². The van der Waals surface area contributed by atoms with Crippen molar-refractivity contribution in [3.63, 3.8) is 0 Å². The Morgan fingerprint density at radius 1 is 0.912 bits per heavy atom. The van der Waals surface area contributed by atoms with Gasteiger partial charge >= 0.3 is 12.1 Å². The maximum absolute atomic E-state index is 12.8. The number of carboxylic acid groups (broad SMARTS) is 1. The van der Waals surface area contributed by atoms with Gasteiger partial charge in [0.1, 0.15) is 13.2 Å². The van der Waals surface area contributed by atoms with E-state index in [9.17, 15) is 14.4 Å². The van der Waals surface area contributed by atoms with Crippen molar-refractivity contribution in [2.75, 3.05) is 20.2 Å². The van der Waals surface area contributed by atoms with Crippen molar-refractivity contribution >= 4 is 18.0 Å². The van der Waals surface area contributed by atoms with Gasteiger partial charge in [-0.05, 0) is 27.8 Å². The average Bonchev–Trinajstić information content (AvgIpc) is 3.16. The maximum atomic E-state index is 12.8. The van der Waals surface area contributed by atoms with Crippen molar-refractivity contribution < 1.29 is 24.2 Å². The van der Waals surface area contributed by atoms with E-state index in [1.54, 1.807) is 12.1 Å². The molecule has 1 aliphatic carbocycles. The Morgan fingerprint density at radius 2 is 1.47 bits per heavy atom. The van der Waals surface area contributed by atoms with E-state index < -0.39 is 30.6 Å². The Morgan fingerprint density at radius 3 is 2.06 bits per heavy atom. The molecule has 7 heteroatoms. The smallest absolute Gasteiger partial charge is 0.407 e. The Hall–Kier alpha value is -4.13. The molecule has 0 saturated heterocycles. The lowest BCUT2D eigenvalue weighted by Crippen LogP contribution is -2.37. The van der Waals surface area contributed by atoms with Gasteiger partial charge in [-0.3, -0.25) is 9.59 Å². The topological polar surface area (TPSA) is 95.9 Å². The fourth-order valence-electron chi connectivity index (χ4n) is 4.34. The summed E-state index contributed by atoms with van der Waals surface area (Å²) in [6, 6.07) is 24.6. The zero-order chi connectivity index (χ0) is 24.1. The van der Waals surface area contributed by atoms with Crippen LogP contribution < -0.4 is 5.32 Å². The van der Waals surface area contributed by atoms with Gasteiger partial charge in [0.15, 0.2) is 0 Å². The number of aliphatic carboxylic acids is 1. The largest absolute Gasteiger partial charge is 0.480 e. The number of hydrogen-bond acceptors (Lipinski definition) is 4. The van der Waals surface area contributed by atoms with Crippen molar-refractivity contribution in [2.24, 2.45) is 0 Å². The summed E-state index contributed by atoms with van der Waals surface area (Å²) in [7, 11) is 1.42. The van der Waals surface area contributed by atoms with Crippen LogP contribution in [0.2, 0.25) is 0 Å². The third-order valence-electron chi connectivity index (χ3n) is 6.01. The summed E-state index contributed by atoms with van der Waals surface area (Å²) in [4.78, 5) is 37.4. The molecule has 1 atom stereocenters. The third kappa shape index (κ3) is 5.09. The third-order valence-corrected chi connectivity index (χ3v) is 6.01. The first-order valence-electron chi connectivity index (χ1n) is 11.1. The Labute approximate surface area is 198 Å². The molecule has 4 rings (SSSR count). The summed E-state index contributed by atoms with van der Waals surface area (Å²) in [6.07, 6.45) is -0.720. The number of fused-ring (bicyclic) bond motifs is 3. The number of amides is 2. The van der Waals surface area contributed by atoms with Gasteiger partial charge in [0.25, 0.3) is 0 Å². The first-order valence-corrected chi connectivity index (χ1v) is 11.1. The standard InChI is InChI=1S/C27H26N2O5/c1-29(16-26(31)32)25(30)15-24(18-9-3-2-4-10-18)28-27(33)34-17-23-21-13-7-5-11-19(21)20-12-6-8-14-22(20)23/h2-14,23-24H,15-17H2,1H3,(H,28,33)(H,31,32). The summed E-state index contributed by atoms with van der Waals surface area (Å²) < 4.78 is 5.63. The van der Waals surface area contributed by atoms with E-state index in [0.717, 1.165) is 32.7 Å². The molecular weight excluding hydrogens is 432 g/mol. The first-order chi connectivity index (χ1) is 16.4. The lowest BCUT2D eigenvalue weighted by atomic mass is 9.98. The van der Waals surface area contributed by atoms with E-state index in [1.165, 1.54) is 7.05 Å². The number of nitrogens with zero attached hydrogens (tertiary/aromatic N) is 1. The number of rotatable bonds is 8. The molecule has 2 amide bonds. The molecule has 3 aromatic carbocycles. The molecule has 0 heterocycles. The number of carbonyl (C=O) groups is 3. The van der Waals surface area contributed by atoms with Crippen LogP contribution in [0.1, 0.15) is 35.1 Å². The molecular formula is C27H26N2O5. The highest BCUT2D eigenvalue weighted by atomic mass is 16.5. The molecule has 7 nitrogen and oxygen atoms in total. The second kappa shape index (κ2) is 10.2. The van der Waals surface area contributed by atoms with Crippen molar-refractivity contribution in [3.05, 3.63) is 95.6 Å². The molecule has 0 bridgehead atoms. The van der Waals surface area contributed by atoms with Crippen LogP contribution in [0.15, 0.2) is 78.9 Å². The molecule has 2 N–H and O–H groups in total. The predicted molar refractivity (Wildman–Crippen MR) is 127 cm³/mol. The van der Waals surface area contributed by atoms with E-state index in [4.69, 9.17) is 9.84 Å². The van der Waals surface area contributed by atoms with E-state index in [-0.39, 0.29) is 18.9 Å². The van der Waals surface area contributed by atoms with Crippen LogP contribution in [0.3, 0.4) is 0 Å². The van der Waals surface area contributed by atoms with E-state index >= 15 is 0 Å². The number of carboxylic acids is 1. The molecule has 1 unspecified atom stereocenters. The van der Waals surface area contributed by atoms with Gasteiger partial charge in [0.2, 0.25) is 5.91 Å². The van der Waals surface area contributed by atoms with Gasteiger partial charge < -0.3 is 20.1 Å². The van der Waals surface area contributed by atoms with Crippen molar-refractivity contribution in [2.45, 2.75) is 18.4 Å². The van der Waals surface area contributed by atoms with Crippen molar-refractivity contribution in [1.82, 2.24) is 10.2 Å². The number of nitrogens with one attached hydrogen (secondary N) is 1. The number of alkyl carbamates (subject to hydrolysis) is 1. The Kier molecular flexibility index (Phi) is 6.92. The van der Waals surface area contributed by atoms with E-state index in [2.05, 4.69) is 17.4 Å². The highest BCUT2D eigenvalue weighted by Crippen LogP contribution is 2.44. The van der Waals surface area contributed by atoms with Gasteiger partial charge in [-0.15, -0.1) is 0 Å². The summed E-state index contributed by atoms with van der Waals surface area (Å²) in [5.74, 6) is -1.57. The molecule has 0 spiro atoms. The van der Waals surface area contributed by atoms with Gasteiger partial charge in [-0.1, -0.05) is 78.9 Å². The van der Waals surface area contributed by atoms with Crippen molar-refractivity contribution in [1.29, 1.82) is 0 Å². The highest BCUT2D eigenvalue weighted by Gasteiger charge is 2.29. The second-order valence-corrected chi connectivity index (χ2v) is 8.28. The SMILES string of the molecule is CN(CC(=O)O)C(=O)CC(NC(=O)OCC1c2ccccc2-c2ccccc21)c1ccccc1. The minimum absolute atomic E-state index is 0.0725. The van der Waals surface area contributed by atoms with Crippen molar-refractivity contribution in [3.8, 4) is 11.1 Å². The number of benzene rings is 3. The van der Waals surface area contributed by atoms with Crippen LogP contribution in [-0.4, -0.2) is 48.2 Å². The van der Waals surface area contributed by atoms with Gasteiger partial charge in [0, 0.05) is 13.0 Å². The van der Waals surface area contributed by atoms with E-state index in [0.29, 0.717) is 0 Å². The highest BCUT2D eigenvalue weighted by molar-refractivity contribution is 5.82. The Bertz CT molecular complexity index is 1150. The van der Waals surface area contributed by atoms with Gasteiger partial charge in [-0.25, -0.2) is 4.79 Å². The van der Waals surface area contributed by atoms with Crippen LogP contribution in [-0.2, 0) is 14.3 Å². The fraction of sp³-hybridized carbons (Fsp3) is 0.222. The summed E-state index contributed by atoms with van der Waals surface area (Å²) in [6.45, 7) is -0.250. The summed E-state index contributed by atoms with van der Waals surface area (Å²) in [5, 5.41) is 11.7. The van der Waals surface area contributed by atoms with Gasteiger partial charge in [0.05, 0.1) is 12.5 Å². The molecule has 0 saturated carbocycles. The fourth-order valence-corrected chi connectivity index (χ4v) is 4.34. The number of likely N-dealkylation sites (N-methyl/N-ethyl adjacent to an activating group) is 1. The molecule has 1 aliphatic rings. The van der Waals surface area contributed by atoms with E-state index in [1.807, 2.05) is 54.6 Å².